The van der Waals surface area contributed by atoms with Gasteiger partial charge in [0.25, 0.3) is 0 Å². The fourth-order valence-corrected chi connectivity index (χ4v) is 7.31. The Morgan fingerprint density at radius 2 is 1.80 bits per heavy atom. The molecule has 3 rings (SSSR count). The summed E-state index contributed by atoms with van der Waals surface area (Å²) < 4.78 is 11.9. The van der Waals surface area contributed by atoms with E-state index in [9.17, 15) is 29.7 Å². The summed E-state index contributed by atoms with van der Waals surface area (Å²) in [6, 6.07) is 0. The van der Waals surface area contributed by atoms with Crippen LogP contribution in [0.2, 0.25) is 0 Å². The number of halogens is 1. The van der Waals surface area contributed by atoms with Gasteiger partial charge in [0, 0.05) is 24.2 Å². The van der Waals surface area contributed by atoms with Gasteiger partial charge in [-0.25, -0.2) is 9.59 Å². The molecule has 0 spiro atoms. The first-order valence-corrected chi connectivity index (χ1v) is 13.2. The third kappa shape index (κ3) is 5.64. The Kier molecular flexibility index (Phi) is 11.1. The Labute approximate surface area is 242 Å². The van der Waals surface area contributed by atoms with Crippen LogP contribution in [-0.4, -0.2) is 99.3 Å². The maximum absolute atomic E-state index is 13.8. The fraction of sp³-hybridized carbons (Fsp3) is 0.815. The predicted octanol–water partition coefficient (Wildman–Crippen LogP) is 1.08. The lowest BCUT2D eigenvalue weighted by Crippen LogP contribution is -2.86. The SMILES string of the molecule is C=C[C@@]1(C)CC(=O)[C@]2(O)[C@@]3(C)[C@@H](O)CCC(C)(C)[C@@H]3[C@H](O)[C@H](OC(=O)NOC(=O)CCCN(C)C)[C@@]2(C)O1.Cl.O. The number of amides is 1. The van der Waals surface area contributed by atoms with Crippen molar-refractivity contribution in [1.82, 2.24) is 10.4 Å². The van der Waals surface area contributed by atoms with Crippen LogP contribution in [0.5, 0.6) is 0 Å². The highest BCUT2D eigenvalue weighted by atomic mass is 35.5. The highest BCUT2D eigenvalue weighted by Gasteiger charge is 2.81. The van der Waals surface area contributed by atoms with Gasteiger partial charge in [-0.05, 0) is 59.2 Å². The van der Waals surface area contributed by atoms with E-state index < -0.39 is 69.7 Å². The van der Waals surface area contributed by atoms with Crippen LogP contribution in [0.4, 0.5) is 4.79 Å². The molecule has 1 aliphatic heterocycles. The van der Waals surface area contributed by atoms with Crippen LogP contribution in [0.1, 0.15) is 66.7 Å². The summed E-state index contributed by atoms with van der Waals surface area (Å²) in [7, 11) is 3.73. The zero-order chi connectivity index (χ0) is 28.9. The molecular formula is C27H47ClN2O10. The van der Waals surface area contributed by atoms with Crippen molar-refractivity contribution in [3.8, 4) is 0 Å². The number of nitrogens with one attached hydrogen (secondary N) is 1. The molecule has 0 aromatic heterocycles. The number of Topliss-reactive ketones (excluding diaryl/α,β-unsaturated/α-hetero) is 1. The molecular weight excluding hydrogens is 548 g/mol. The van der Waals surface area contributed by atoms with Gasteiger partial charge in [-0.3, -0.25) is 4.79 Å². The average Bonchev–Trinajstić information content (AvgIpc) is 2.80. The van der Waals surface area contributed by atoms with Crippen molar-refractivity contribution < 1.29 is 49.5 Å². The Balaban J connectivity index is 0.00000400. The number of nitrogens with zero attached hydrogens (tertiary/aromatic N) is 1. The van der Waals surface area contributed by atoms with Gasteiger partial charge in [0.2, 0.25) is 0 Å². The lowest BCUT2D eigenvalue weighted by Gasteiger charge is -2.71. The first-order chi connectivity index (χ1) is 17.4. The normalized spacial score (nSPS) is 39.9. The van der Waals surface area contributed by atoms with Crippen LogP contribution >= 0.6 is 12.4 Å². The number of carbonyl (C=O) groups excluding carboxylic acids is 3. The van der Waals surface area contributed by atoms with Crippen molar-refractivity contribution in [2.45, 2.75) is 102 Å². The average molecular weight is 595 g/mol. The minimum absolute atomic E-state index is 0. The summed E-state index contributed by atoms with van der Waals surface area (Å²) in [5.41, 5.74) is -5.81. The highest BCUT2D eigenvalue weighted by Crippen LogP contribution is 2.67. The Hall–Kier alpha value is -1.80. The number of fused-ring (bicyclic) bond motifs is 3. The molecule has 2 saturated carbocycles. The number of aliphatic hydroxyl groups is 3. The maximum Gasteiger partial charge on any atom is 0.441 e. The van der Waals surface area contributed by atoms with Gasteiger partial charge < -0.3 is 40.0 Å². The Morgan fingerprint density at radius 1 is 1.20 bits per heavy atom. The second-order valence-corrected chi connectivity index (χ2v) is 12.6. The lowest BCUT2D eigenvalue weighted by atomic mass is 9.40. The molecule has 6 N–H and O–H groups in total. The summed E-state index contributed by atoms with van der Waals surface area (Å²) in [6.45, 7) is 12.8. The predicted molar refractivity (Wildman–Crippen MR) is 147 cm³/mol. The van der Waals surface area contributed by atoms with E-state index in [1.807, 2.05) is 38.3 Å². The maximum atomic E-state index is 13.8. The number of hydrogen-bond acceptors (Lipinski definition) is 10. The number of ether oxygens (including phenoxy) is 2. The van der Waals surface area contributed by atoms with Gasteiger partial charge >= 0.3 is 12.1 Å². The quantitative estimate of drug-likeness (QED) is 0.256. The number of rotatable bonds is 6. The van der Waals surface area contributed by atoms with Gasteiger partial charge in [-0.1, -0.05) is 26.8 Å². The summed E-state index contributed by atoms with van der Waals surface area (Å²) in [5.74, 6) is -2.14. The Bertz CT molecular complexity index is 979. The van der Waals surface area contributed by atoms with Crippen LogP contribution in [0.15, 0.2) is 12.7 Å². The second-order valence-electron chi connectivity index (χ2n) is 12.6. The van der Waals surface area contributed by atoms with Gasteiger partial charge in [-0.15, -0.1) is 24.5 Å². The van der Waals surface area contributed by atoms with Gasteiger partial charge in [0.1, 0.15) is 5.60 Å². The molecule has 40 heavy (non-hydrogen) atoms. The summed E-state index contributed by atoms with van der Waals surface area (Å²) in [6.07, 6.45) is -2.78. The molecule has 3 aliphatic rings. The molecule has 0 radical (unpaired) electrons. The summed E-state index contributed by atoms with van der Waals surface area (Å²) in [4.78, 5) is 45.4. The third-order valence-electron chi connectivity index (χ3n) is 9.20. The molecule has 1 heterocycles. The first-order valence-electron chi connectivity index (χ1n) is 13.2. The van der Waals surface area contributed by atoms with Crippen molar-refractivity contribution in [2.75, 3.05) is 20.6 Å². The number of aliphatic hydroxyl groups excluding tert-OH is 2. The molecule has 3 fully saturated rings. The Morgan fingerprint density at radius 3 is 2.35 bits per heavy atom. The van der Waals surface area contributed by atoms with Crippen LogP contribution in [0, 0.1) is 16.7 Å². The van der Waals surface area contributed by atoms with Gasteiger partial charge in [0.05, 0.1) is 17.8 Å². The molecule has 12 nitrogen and oxygen atoms in total. The second kappa shape index (κ2) is 12.2. The van der Waals surface area contributed by atoms with Crippen molar-refractivity contribution in [2.24, 2.45) is 16.7 Å². The molecule has 0 unspecified atom stereocenters. The number of ketones is 1. The lowest BCUT2D eigenvalue weighted by molar-refractivity contribution is -0.369. The van der Waals surface area contributed by atoms with E-state index in [4.69, 9.17) is 14.3 Å². The summed E-state index contributed by atoms with van der Waals surface area (Å²) >= 11 is 0. The molecule has 8 atom stereocenters. The highest BCUT2D eigenvalue weighted by molar-refractivity contribution is 5.92. The zero-order valence-electron chi connectivity index (χ0n) is 24.5. The van der Waals surface area contributed by atoms with Crippen molar-refractivity contribution in [1.29, 1.82) is 0 Å². The summed E-state index contributed by atoms with van der Waals surface area (Å²) in [5, 5.41) is 35.4. The molecule has 232 valence electrons. The topological polar surface area (TPSA) is 186 Å². The van der Waals surface area contributed by atoms with E-state index in [1.54, 1.807) is 13.8 Å². The van der Waals surface area contributed by atoms with Crippen molar-refractivity contribution in [3.05, 3.63) is 12.7 Å². The van der Waals surface area contributed by atoms with E-state index in [-0.39, 0.29) is 30.7 Å². The molecule has 0 aromatic rings. The molecule has 0 aromatic carbocycles. The van der Waals surface area contributed by atoms with Crippen LogP contribution in [-0.2, 0) is 23.9 Å². The molecule has 1 amide bonds. The number of hydroxylamine groups is 1. The van der Waals surface area contributed by atoms with Crippen molar-refractivity contribution in [3.63, 3.8) is 0 Å². The van der Waals surface area contributed by atoms with Crippen LogP contribution in [0.25, 0.3) is 0 Å². The minimum Gasteiger partial charge on any atom is -0.438 e. The largest absolute Gasteiger partial charge is 0.441 e. The first kappa shape index (κ1) is 36.2. The van der Waals surface area contributed by atoms with Crippen LogP contribution < -0.4 is 5.48 Å². The third-order valence-corrected chi connectivity index (χ3v) is 9.20. The smallest absolute Gasteiger partial charge is 0.438 e. The van der Waals surface area contributed by atoms with Gasteiger partial charge in [-0.2, -0.15) is 0 Å². The zero-order valence-corrected chi connectivity index (χ0v) is 25.3. The van der Waals surface area contributed by atoms with E-state index in [0.717, 1.165) is 0 Å². The van der Waals surface area contributed by atoms with Gasteiger partial charge in [0.15, 0.2) is 17.5 Å². The number of hydrogen-bond donors (Lipinski definition) is 4. The monoisotopic (exact) mass is 594 g/mol. The van der Waals surface area contributed by atoms with E-state index in [0.29, 0.717) is 25.8 Å². The molecule has 1 saturated heterocycles. The van der Waals surface area contributed by atoms with Crippen LogP contribution in [0.3, 0.4) is 0 Å². The molecule has 0 bridgehead atoms. The minimum atomic E-state index is -2.34. The standard InChI is InChI=1S/C27H44N2O9.ClH.H2O/c1-9-24(4)15-17(31)27(35)25(5)16(30)12-13-23(2,3)20(25)19(33)21(26(27,6)38-24)36-22(34)28-37-18(32)11-10-14-29(7)8;;/h9,16,19-21,30,33,35H,1,10-15H2,2-8H3,(H,28,34);1H;1H2/t16-,19-,20-,21-,24-,25-,26+,27-;;/m0../s1. The van der Waals surface area contributed by atoms with E-state index >= 15 is 0 Å². The van der Waals surface area contributed by atoms with E-state index in [1.165, 1.54) is 13.0 Å². The fourth-order valence-electron chi connectivity index (χ4n) is 7.31. The van der Waals surface area contributed by atoms with Crippen molar-refractivity contribution >= 4 is 30.3 Å². The van der Waals surface area contributed by atoms with E-state index in [2.05, 4.69) is 6.58 Å². The molecule has 13 heteroatoms. The molecule has 2 aliphatic carbocycles. The number of carbonyl (C=O) groups is 3.